The van der Waals surface area contributed by atoms with Crippen LogP contribution in [0, 0.1) is 23.7 Å². The van der Waals surface area contributed by atoms with E-state index in [0.29, 0.717) is 5.02 Å². The smallest absolute Gasteiger partial charge is 0.270 e. The summed E-state index contributed by atoms with van der Waals surface area (Å²) in [5, 5.41) is 1.43. The highest BCUT2D eigenvalue weighted by molar-refractivity contribution is 6.42. The van der Waals surface area contributed by atoms with Gasteiger partial charge in [0.1, 0.15) is 0 Å². The molecule has 3 aliphatic rings. The van der Waals surface area contributed by atoms with E-state index in [9.17, 15) is 14.4 Å². The molecule has 0 aromatic heterocycles. The average Bonchev–Trinajstić information content (AvgIpc) is 3.19. The Bertz CT molecular complexity index is 747. The number of nitrogens with one attached hydrogen (secondary N) is 1. The fraction of sp³-hybridized carbons (Fsp3) is 0.312. The highest BCUT2D eigenvalue weighted by Crippen LogP contribution is 2.52. The van der Waals surface area contributed by atoms with E-state index >= 15 is 0 Å². The van der Waals surface area contributed by atoms with Gasteiger partial charge in [-0.25, -0.2) is 0 Å². The van der Waals surface area contributed by atoms with Crippen molar-refractivity contribution in [1.82, 2.24) is 10.4 Å². The van der Waals surface area contributed by atoms with Crippen LogP contribution in [0.2, 0.25) is 10.0 Å². The first-order valence-corrected chi connectivity index (χ1v) is 8.05. The summed E-state index contributed by atoms with van der Waals surface area (Å²) >= 11 is 11.7. The quantitative estimate of drug-likeness (QED) is 0.658. The van der Waals surface area contributed by atoms with Gasteiger partial charge in [0, 0.05) is 5.56 Å². The Morgan fingerprint density at radius 2 is 1.65 bits per heavy atom. The highest BCUT2D eigenvalue weighted by atomic mass is 35.5. The van der Waals surface area contributed by atoms with Crippen molar-refractivity contribution < 1.29 is 14.4 Å². The first-order chi connectivity index (χ1) is 11.0. The fourth-order valence-electron chi connectivity index (χ4n) is 3.82. The molecule has 1 aliphatic heterocycles. The molecular formula is C16H12Cl2N2O3. The number of carbonyl (C=O) groups is 3. The number of hydrazine groups is 1. The predicted octanol–water partition coefficient (Wildman–Crippen LogP) is 2.45. The SMILES string of the molecule is O=C(NN1C(=O)C2C3C=CC(C3)C2C1=O)c1ccc(Cl)c(Cl)c1. The maximum absolute atomic E-state index is 12.5. The molecule has 0 radical (unpaired) electrons. The monoisotopic (exact) mass is 350 g/mol. The number of hydrogen-bond donors (Lipinski definition) is 1. The molecule has 2 fully saturated rings. The van der Waals surface area contributed by atoms with Crippen LogP contribution in [0.4, 0.5) is 0 Å². The summed E-state index contributed by atoms with van der Waals surface area (Å²) in [6.45, 7) is 0. The summed E-state index contributed by atoms with van der Waals surface area (Å²) < 4.78 is 0. The van der Waals surface area contributed by atoms with Crippen LogP contribution in [0.15, 0.2) is 30.4 Å². The largest absolute Gasteiger partial charge is 0.272 e. The molecule has 1 aromatic rings. The van der Waals surface area contributed by atoms with Crippen molar-refractivity contribution in [1.29, 1.82) is 0 Å². The first-order valence-electron chi connectivity index (χ1n) is 7.29. The van der Waals surface area contributed by atoms with Gasteiger partial charge in [0.2, 0.25) is 0 Å². The van der Waals surface area contributed by atoms with E-state index in [4.69, 9.17) is 23.2 Å². The van der Waals surface area contributed by atoms with Gasteiger partial charge in [-0.15, -0.1) is 0 Å². The van der Waals surface area contributed by atoms with Gasteiger partial charge >= 0.3 is 0 Å². The summed E-state index contributed by atoms with van der Waals surface area (Å²) in [6, 6.07) is 4.38. The van der Waals surface area contributed by atoms with Crippen molar-refractivity contribution in [2.24, 2.45) is 23.7 Å². The van der Waals surface area contributed by atoms with Gasteiger partial charge in [-0.05, 0) is 36.5 Å². The second-order valence-corrected chi connectivity index (χ2v) is 6.90. The minimum absolute atomic E-state index is 0.105. The normalized spacial score (nSPS) is 31.0. The predicted molar refractivity (Wildman–Crippen MR) is 83.5 cm³/mol. The summed E-state index contributed by atoms with van der Waals surface area (Å²) in [6.07, 6.45) is 4.85. The third kappa shape index (κ3) is 2.11. The molecule has 5 nitrogen and oxygen atoms in total. The summed E-state index contributed by atoms with van der Waals surface area (Å²) in [4.78, 5) is 37.2. The molecule has 2 bridgehead atoms. The number of fused-ring (bicyclic) bond motifs is 5. The molecule has 4 rings (SSSR count). The Morgan fingerprint density at radius 3 is 2.22 bits per heavy atom. The zero-order chi connectivity index (χ0) is 16.3. The van der Waals surface area contributed by atoms with Crippen molar-refractivity contribution >= 4 is 40.9 Å². The Balaban J connectivity index is 1.55. The van der Waals surface area contributed by atoms with Gasteiger partial charge in [0.05, 0.1) is 21.9 Å². The van der Waals surface area contributed by atoms with Crippen molar-refractivity contribution in [2.45, 2.75) is 6.42 Å². The lowest BCUT2D eigenvalue weighted by atomic mass is 9.85. The number of nitrogens with zero attached hydrogens (tertiary/aromatic N) is 1. The van der Waals surface area contributed by atoms with Crippen LogP contribution < -0.4 is 5.43 Å². The van der Waals surface area contributed by atoms with Crippen LogP contribution >= 0.6 is 23.2 Å². The van der Waals surface area contributed by atoms with Crippen LogP contribution in [0.3, 0.4) is 0 Å². The molecule has 1 saturated heterocycles. The minimum atomic E-state index is -0.564. The Labute approximate surface area is 142 Å². The van der Waals surface area contributed by atoms with Gasteiger partial charge in [-0.2, -0.15) is 5.01 Å². The lowest BCUT2D eigenvalue weighted by Crippen LogP contribution is -2.47. The molecule has 3 amide bonds. The van der Waals surface area contributed by atoms with Crippen molar-refractivity contribution in [3.63, 3.8) is 0 Å². The van der Waals surface area contributed by atoms with E-state index in [0.717, 1.165) is 11.4 Å². The summed E-state index contributed by atoms with van der Waals surface area (Å²) in [7, 11) is 0. The van der Waals surface area contributed by atoms with E-state index in [1.165, 1.54) is 18.2 Å². The third-order valence-corrected chi connectivity index (χ3v) is 5.60. The van der Waals surface area contributed by atoms with Gasteiger partial charge in [0.15, 0.2) is 0 Å². The second kappa shape index (κ2) is 5.08. The number of carbonyl (C=O) groups excluding carboxylic acids is 3. The first kappa shape index (κ1) is 14.7. The number of hydrogen-bond acceptors (Lipinski definition) is 3. The molecular weight excluding hydrogens is 339 g/mol. The molecule has 4 atom stereocenters. The Hall–Kier alpha value is -1.85. The standard InChI is InChI=1S/C16H12Cl2N2O3/c17-10-4-3-9(6-11(10)18)14(21)19-20-15(22)12-7-1-2-8(5-7)13(12)16(20)23/h1-4,6-8,12-13H,5H2,(H,19,21). The van der Waals surface area contributed by atoms with Crippen LogP contribution in [0.25, 0.3) is 0 Å². The number of imide groups is 1. The van der Waals surface area contributed by atoms with E-state index in [1.807, 2.05) is 12.2 Å². The van der Waals surface area contributed by atoms with E-state index in [-0.39, 0.29) is 46.1 Å². The molecule has 7 heteroatoms. The molecule has 4 unspecified atom stereocenters. The number of rotatable bonds is 2. The second-order valence-electron chi connectivity index (χ2n) is 6.08. The third-order valence-electron chi connectivity index (χ3n) is 4.87. The van der Waals surface area contributed by atoms with Crippen molar-refractivity contribution in [2.75, 3.05) is 0 Å². The molecule has 0 spiro atoms. The molecule has 2 aliphatic carbocycles. The zero-order valence-corrected chi connectivity index (χ0v) is 13.3. The van der Waals surface area contributed by atoms with E-state index in [2.05, 4.69) is 5.43 Å². The fourth-order valence-corrected chi connectivity index (χ4v) is 4.11. The van der Waals surface area contributed by atoms with Gasteiger partial charge < -0.3 is 0 Å². The number of allylic oxidation sites excluding steroid dienone is 2. The minimum Gasteiger partial charge on any atom is -0.272 e. The molecule has 1 saturated carbocycles. The molecule has 118 valence electrons. The van der Waals surface area contributed by atoms with Gasteiger partial charge in [0.25, 0.3) is 17.7 Å². The summed E-state index contributed by atoms with van der Waals surface area (Å²) in [5.74, 6) is -1.69. The Morgan fingerprint density at radius 1 is 1.04 bits per heavy atom. The molecule has 23 heavy (non-hydrogen) atoms. The van der Waals surface area contributed by atoms with Crippen molar-refractivity contribution in [3.8, 4) is 0 Å². The topological polar surface area (TPSA) is 66.5 Å². The lowest BCUT2D eigenvalue weighted by molar-refractivity contribution is -0.143. The number of halogens is 2. The Kier molecular flexibility index (Phi) is 3.25. The average molecular weight is 351 g/mol. The maximum Gasteiger partial charge on any atom is 0.270 e. The van der Waals surface area contributed by atoms with Crippen molar-refractivity contribution in [3.05, 3.63) is 46.0 Å². The van der Waals surface area contributed by atoms with E-state index < -0.39 is 5.91 Å². The van der Waals surface area contributed by atoms with Gasteiger partial charge in [-0.1, -0.05) is 35.4 Å². The van der Waals surface area contributed by atoms with Crippen LogP contribution in [0.1, 0.15) is 16.8 Å². The summed E-state index contributed by atoms with van der Waals surface area (Å²) in [5.41, 5.74) is 2.64. The number of amides is 3. The highest BCUT2D eigenvalue weighted by Gasteiger charge is 2.59. The van der Waals surface area contributed by atoms with Crippen LogP contribution in [0.5, 0.6) is 0 Å². The molecule has 1 heterocycles. The number of benzene rings is 1. The molecule has 1 aromatic carbocycles. The maximum atomic E-state index is 12.5. The van der Waals surface area contributed by atoms with Crippen LogP contribution in [-0.2, 0) is 9.59 Å². The zero-order valence-electron chi connectivity index (χ0n) is 11.8. The lowest BCUT2D eigenvalue weighted by Gasteiger charge is -2.18. The van der Waals surface area contributed by atoms with E-state index in [1.54, 1.807) is 0 Å². The van der Waals surface area contributed by atoms with Gasteiger partial charge in [-0.3, -0.25) is 19.8 Å². The van der Waals surface area contributed by atoms with Crippen LogP contribution in [-0.4, -0.2) is 22.7 Å². The molecule has 1 N–H and O–H groups in total.